The van der Waals surface area contributed by atoms with Crippen molar-refractivity contribution in [2.45, 2.75) is 13.5 Å². The lowest BCUT2D eigenvalue weighted by atomic mass is 10.1. The summed E-state index contributed by atoms with van der Waals surface area (Å²) in [5, 5.41) is 12.2. The van der Waals surface area contributed by atoms with Crippen LogP contribution in [0.2, 0.25) is 0 Å². The van der Waals surface area contributed by atoms with Gasteiger partial charge in [-0.15, -0.1) is 0 Å². The first-order valence-corrected chi connectivity index (χ1v) is 6.64. The maximum absolute atomic E-state index is 10.9. The monoisotopic (exact) mass is 281 g/mol. The van der Waals surface area contributed by atoms with E-state index in [1.165, 1.54) is 0 Å². The van der Waals surface area contributed by atoms with Crippen LogP contribution in [0.5, 0.6) is 0 Å². The van der Waals surface area contributed by atoms with Gasteiger partial charge in [-0.05, 0) is 42.8 Å². The lowest BCUT2D eigenvalue weighted by Gasteiger charge is -2.08. The molecular formula is C16H15N3O2. The second-order valence-electron chi connectivity index (χ2n) is 4.89. The fourth-order valence-electron chi connectivity index (χ4n) is 2.25. The summed E-state index contributed by atoms with van der Waals surface area (Å²) in [5.41, 5.74) is 3.96. The number of carboxylic acids is 1. The average molecular weight is 281 g/mol. The molecule has 0 amide bonds. The van der Waals surface area contributed by atoms with Crippen LogP contribution >= 0.6 is 0 Å². The van der Waals surface area contributed by atoms with Gasteiger partial charge in [-0.3, -0.25) is 0 Å². The number of rotatable bonds is 4. The van der Waals surface area contributed by atoms with E-state index in [0.717, 1.165) is 22.6 Å². The van der Waals surface area contributed by atoms with Gasteiger partial charge in [-0.25, -0.2) is 9.78 Å². The Morgan fingerprint density at radius 1 is 1.33 bits per heavy atom. The molecule has 0 fully saturated rings. The molecule has 1 aromatic carbocycles. The minimum atomic E-state index is -0.912. The van der Waals surface area contributed by atoms with Crippen LogP contribution in [0, 0.1) is 6.92 Å². The van der Waals surface area contributed by atoms with Crippen LogP contribution in [-0.2, 0) is 6.54 Å². The minimum Gasteiger partial charge on any atom is -0.478 e. The fourth-order valence-corrected chi connectivity index (χ4v) is 2.25. The van der Waals surface area contributed by atoms with E-state index in [1.54, 1.807) is 18.2 Å². The van der Waals surface area contributed by atoms with E-state index in [4.69, 9.17) is 5.11 Å². The second-order valence-corrected chi connectivity index (χ2v) is 4.89. The molecule has 3 aromatic rings. The van der Waals surface area contributed by atoms with E-state index in [0.29, 0.717) is 12.1 Å². The Morgan fingerprint density at radius 2 is 2.19 bits per heavy atom. The Hall–Kier alpha value is -2.82. The van der Waals surface area contributed by atoms with Crippen molar-refractivity contribution < 1.29 is 9.90 Å². The molecule has 21 heavy (non-hydrogen) atoms. The highest BCUT2D eigenvalue weighted by Crippen LogP contribution is 2.17. The van der Waals surface area contributed by atoms with Gasteiger partial charge in [0.05, 0.1) is 17.8 Å². The second kappa shape index (κ2) is 5.28. The van der Waals surface area contributed by atoms with Crippen LogP contribution in [0.4, 0.5) is 5.69 Å². The molecule has 2 N–H and O–H groups in total. The number of imidazole rings is 1. The summed E-state index contributed by atoms with van der Waals surface area (Å²) in [4.78, 5) is 15.4. The number of hydrogen-bond donors (Lipinski definition) is 2. The van der Waals surface area contributed by atoms with Crippen molar-refractivity contribution in [3.8, 4) is 0 Å². The molecule has 106 valence electrons. The van der Waals surface area contributed by atoms with E-state index >= 15 is 0 Å². The van der Waals surface area contributed by atoms with E-state index in [2.05, 4.69) is 10.3 Å². The SMILES string of the molecule is Cc1cc(C(=O)O)ccc1NCc1cn2ccccc2n1. The molecule has 0 spiro atoms. The Kier molecular flexibility index (Phi) is 3.31. The zero-order chi connectivity index (χ0) is 14.8. The standard InChI is InChI=1S/C16H15N3O2/c1-11-8-12(16(20)21)5-6-14(11)17-9-13-10-19-7-3-2-4-15(19)18-13/h2-8,10,17H,9H2,1H3,(H,20,21). The summed E-state index contributed by atoms with van der Waals surface area (Å²) in [7, 11) is 0. The summed E-state index contributed by atoms with van der Waals surface area (Å²) in [6, 6.07) is 10.9. The third-order valence-corrected chi connectivity index (χ3v) is 3.35. The number of aryl methyl sites for hydroxylation is 1. The first kappa shape index (κ1) is 13.2. The molecule has 5 nitrogen and oxygen atoms in total. The van der Waals surface area contributed by atoms with Crippen LogP contribution in [0.25, 0.3) is 5.65 Å². The molecule has 0 unspecified atom stereocenters. The Bertz CT molecular complexity index is 775. The average Bonchev–Trinajstić information content (AvgIpc) is 2.88. The number of hydrogen-bond acceptors (Lipinski definition) is 3. The Morgan fingerprint density at radius 3 is 2.90 bits per heavy atom. The van der Waals surface area contributed by atoms with Crippen molar-refractivity contribution in [3.05, 3.63) is 65.6 Å². The van der Waals surface area contributed by atoms with Gasteiger partial charge in [-0.2, -0.15) is 0 Å². The summed E-state index contributed by atoms with van der Waals surface area (Å²) in [6.07, 6.45) is 3.93. The van der Waals surface area contributed by atoms with E-state index in [-0.39, 0.29) is 0 Å². The van der Waals surface area contributed by atoms with Crippen LogP contribution in [0.3, 0.4) is 0 Å². The van der Waals surface area contributed by atoms with Crippen LogP contribution in [0.1, 0.15) is 21.6 Å². The highest BCUT2D eigenvalue weighted by Gasteiger charge is 2.06. The van der Waals surface area contributed by atoms with Crippen molar-refractivity contribution in [3.63, 3.8) is 0 Å². The summed E-state index contributed by atoms with van der Waals surface area (Å²) >= 11 is 0. The summed E-state index contributed by atoms with van der Waals surface area (Å²) < 4.78 is 1.97. The van der Waals surface area contributed by atoms with E-state index in [1.807, 2.05) is 41.9 Å². The molecule has 0 radical (unpaired) electrons. The van der Waals surface area contributed by atoms with Crippen LogP contribution in [-0.4, -0.2) is 20.5 Å². The Labute approximate surface area is 121 Å². The van der Waals surface area contributed by atoms with Crippen molar-refractivity contribution >= 4 is 17.3 Å². The fraction of sp³-hybridized carbons (Fsp3) is 0.125. The van der Waals surface area contributed by atoms with Crippen LogP contribution in [0.15, 0.2) is 48.8 Å². The lowest BCUT2D eigenvalue weighted by Crippen LogP contribution is -2.03. The largest absolute Gasteiger partial charge is 0.478 e. The van der Waals surface area contributed by atoms with Gasteiger partial charge in [0.15, 0.2) is 0 Å². The first-order valence-electron chi connectivity index (χ1n) is 6.64. The van der Waals surface area contributed by atoms with Gasteiger partial charge >= 0.3 is 5.97 Å². The van der Waals surface area contributed by atoms with Gasteiger partial charge in [-0.1, -0.05) is 6.07 Å². The van der Waals surface area contributed by atoms with E-state index in [9.17, 15) is 4.79 Å². The highest BCUT2D eigenvalue weighted by atomic mass is 16.4. The molecule has 2 heterocycles. The van der Waals surface area contributed by atoms with E-state index < -0.39 is 5.97 Å². The number of pyridine rings is 1. The molecule has 3 rings (SSSR count). The van der Waals surface area contributed by atoms with Gasteiger partial charge in [0.25, 0.3) is 0 Å². The quantitative estimate of drug-likeness (QED) is 0.771. The number of anilines is 1. The number of benzene rings is 1. The maximum atomic E-state index is 10.9. The number of fused-ring (bicyclic) bond motifs is 1. The number of aromatic carboxylic acids is 1. The maximum Gasteiger partial charge on any atom is 0.335 e. The number of nitrogens with one attached hydrogen (secondary N) is 1. The third kappa shape index (κ3) is 2.72. The van der Waals surface area contributed by atoms with Crippen molar-refractivity contribution in [2.75, 3.05) is 5.32 Å². The zero-order valence-electron chi connectivity index (χ0n) is 11.6. The number of nitrogens with zero attached hydrogens (tertiary/aromatic N) is 2. The number of carbonyl (C=O) groups is 1. The molecule has 2 aromatic heterocycles. The summed E-state index contributed by atoms with van der Waals surface area (Å²) in [6.45, 7) is 2.48. The normalized spacial score (nSPS) is 10.7. The van der Waals surface area contributed by atoms with Gasteiger partial charge in [0.2, 0.25) is 0 Å². The molecule has 0 aliphatic carbocycles. The summed E-state index contributed by atoms with van der Waals surface area (Å²) in [5.74, 6) is -0.912. The molecular weight excluding hydrogens is 266 g/mol. The van der Waals surface area contributed by atoms with Gasteiger partial charge < -0.3 is 14.8 Å². The molecule has 5 heteroatoms. The topological polar surface area (TPSA) is 66.6 Å². The van der Waals surface area contributed by atoms with Crippen LogP contribution < -0.4 is 5.32 Å². The van der Waals surface area contributed by atoms with Gasteiger partial charge in [0, 0.05) is 18.1 Å². The van der Waals surface area contributed by atoms with Crippen molar-refractivity contribution in [2.24, 2.45) is 0 Å². The molecule has 0 aliphatic rings. The molecule has 0 saturated heterocycles. The minimum absolute atomic E-state index is 0.297. The molecule has 0 aliphatic heterocycles. The smallest absolute Gasteiger partial charge is 0.335 e. The van der Waals surface area contributed by atoms with Crippen molar-refractivity contribution in [1.29, 1.82) is 0 Å². The molecule has 0 bridgehead atoms. The lowest BCUT2D eigenvalue weighted by molar-refractivity contribution is 0.0697. The van der Waals surface area contributed by atoms with Crippen molar-refractivity contribution in [1.82, 2.24) is 9.38 Å². The molecule has 0 atom stereocenters. The molecule has 0 saturated carbocycles. The van der Waals surface area contributed by atoms with Gasteiger partial charge in [0.1, 0.15) is 5.65 Å². The number of aromatic nitrogens is 2. The predicted molar refractivity (Wildman–Crippen MR) is 80.7 cm³/mol. The zero-order valence-corrected chi connectivity index (χ0v) is 11.6. The predicted octanol–water partition coefficient (Wildman–Crippen LogP) is 2.95. The Balaban J connectivity index is 1.76. The number of carboxylic acid groups (broad SMARTS) is 1. The first-order chi connectivity index (χ1) is 10.1. The third-order valence-electron chi connectivity index (χ3n) is 3.35. The highest BCUT2D eigenvalue weighted by molar-refractivity contribution is 5.88.